The number of methoxy groups -OCH3 is 2. The van der Waals surface area contributed by atoms with E-state index in [1.165, 1.54) is 11.5 Å². The molecule has 0 N–H and O–H groups in total. The van der Waals surface area contributed by atoms with Gasteiger partial charge in [-0.1, -0.05) is 59.6 Å². The van der Waals surface area contributed by atoms with Crippen LogP contribution in [0.2, 0.25) is 10.0 Å². The zero-order valence-electron chi connectivity index (χ0n) is 23.4. The fraction of sp³-hybridized carbons (Fsp3) is 0.118. The van der Waals surface area contributed by atoms with Crippen molar-refractivity contribution in [2.45, 2.75) is 13.1 Å². The van der Waals surface area contributed by atoms with E-state index in [1.54, 1.807) is 14.2 Å². The van der Waals surface area contributed by atoms with Gasteiger partial charge in [-0.15, -0.1) is 0 Å². The summed E-state index contributed by atoms with van der Waals surface area (Å²) in [7, 11) is 3.39. The zero-order valence-corrected chi connectivity index (χ0v) is 25.7. The number of rotatable bonds is 8. The Morgan fingerprint density at radius 1 is 0.651 bits per heavy atom. The van der Waals surface area contributed by atoms with Gasteiger partial charge < -0.3 is 18.6 Å². The van der Waals surface area contributed by atoms with Crippen molar-refractivity contribution >= 4 is 56.5 Å². The lowest BCUT2D eigenvalue weighted by Gasteiger charge is -2.07. The molecule has 0 aliphatic rings. The molecule has 0 saturated heterocycles. The van der Waals surface area contributed by atoms with E-state index in [4.69, 9.17) is 42.0 Å². The summed E-state index contributed by atoms with van der Waals surface area (Å²) < 4.78 is 20.9. The van der Waals surface area contributed by atoms with Crippen molar-refractivity contribution in [1.82, 2.24) is 18.5 Å². The van der Waals surface area contributed by atoms with E-state index in [1.807, 2.05) is 72.8 Å². The first kappa shape index (κ1) is 27.5. The Hall–Kier alpha value is -4.30. The van der Waals surface area contributed by atoms with E-state index in [-0.39, 0.29) is 0 Å². The van der Waals surface area contributed by atoms with Crippen molar-refractivity contribution in [3.8, 4) is 33.5 Å². The summed E-state index contributed by atoms with van der Waals surface area (Å²) in [5, 5.41) is 4.23. The van der Waals surface area contributed by atoms with Crippen LogP contribution in [0.15, 0.2) is 97.3 Å². The molecule has 0 unspecified atom stereocenters. The van der Waals surface area contributed by atoms with E-state index in [0.29, 0.717) is 23.9 Å². The van der Waals surface area contributed by atoms with Crippen LogP contribution in [-0.4, -0.2) is 32.7 Å². The van der Waals surface area contributed by atoms with Crippen LogP contribution in [0, 0.1) is 0 Å². The molecule has 7 aromatic rings. The Bertz CT molecular complexity index is 1930. The Balaban J connectivity index is 1.34. The summed E-state index contributed by atoms with van der Waals surface area (Å²) in [4.78, 5) is 5.10. The standard InChI is InChI=1S/C34H26Cl2N4O2S/c1-41-29-7-3-5-27-31(29)25(19-39(27)17-21-9-13-23(35)14-10-21)33-37-34(43-38-33)26-20-40(18-22-11-15-24(36)16-12-22)28-6-4-8-30(42-2)32(26)28/h3-16,19-20H,17-18H2,1-2H3. The van der Waals surface area contributed by atoms with Crippen LogP contribution in [0.25, 0.3) is 43.8 Å². The van der Waals surface area contributed by atoms with Crippen LogP contribution in [0.5, 0.6) is 11.5 Å². The molecular weight excluding hydrogens is 599 g/mol. The van der Waals surface area contributed by atoms with Crippen LogP contribution in [0.3, 0.4) is 0 Å². The first-order valence-electron chi connectivity index (χ1n) is 13.7. The Morgan fingerprint density at radius 3 is 1.65 bits per heavy atom. The molecule has 214 valence electrons. The average molecular weight is 626 g/mol. The number of aromatic nitrogens is 4. The van der Waals surface area contributed by atoms with Crippen LogP contribution in [-0.2, 0) is 13.1 Å². The fourth-order valence-electron chi connectivity index (χ4n) is 5.59. The van der Waals surface area contributed by atoms with Gasteiger partial charge in [0.15, 0.2) is 5.82 Å². The Kier molecular flexibility index (Phi) is 7.31. The zero-order chi connectivity index (χ0) is 29.5. The number of halogens is 2. The van der Waals surface area contributed by atoms with Crippen molar-refractivity contribution < 1.29 is 9.47 Å². The van der Waals surface area contributed by atoms with E-state index in [0.717, 1.165) is 65.6 Å². The Morgan fingerprint density at radius 2 is 1.14 bits per heavy atom. The van der Waals surface area contributed by atoms with Gasteiger partial charge in [0, 0.05) is 46.7 Å². The van der Waals surface area contributed by atoms with E-state index in [9.17, 15) is 0 Å². The maximum atomic E-state index is 6.14. The molecule has 3 aromatic heterocycles. The van der Waals surface area contributed by atoms with Crippen molar-refractivity contribution in [2.24, 2.45) is 0 Å². The van der Waals surface area contributed by atoms with Crippen LogP contribution in [0.4, 0.5) is 0 Å². The second kappa shape index (κ2) is 11.4. The summed E-state index contributed by atoms with van der Waals surface area (Å²) in [5.74, 6) is 2.22. The summed E-state index contributed by atoms with van der Waals surface area (Å²) in [6, 6.07) is 28.0. The van der Waals surface area contributed by atoms with Gasteiger partial charge in [-0.05, 0) is 71.2 Å². The maximum absolute atomic E-state index is 6.14. The SMILES string of the molecule is COc1cccc2c1c(-c1nsc(-c3cn(Cc4ccc(Cl)cc4)c4cccc(OC)c34)n1)cn2Cc1ccc(Cl)cc1. The molecule has 0 saturated carbocycles. The van der Waals surface area contributed by atoms with Gasteiger partial charge in [0.05, 0.1) is 36.0 Å². The minimum absolute atomic E-state index is 0.651. The lowest BCUT2D eigenvalue weighted by Crippen LogP contribution is -1.97. The van der Waals surface area contributed by atoms with Gasteiger partial charge in [0.2, 0.25) is 0 Å². The highest BCUT2D eigenvalue weighted by atomic mass is 35.5. The predicted octanol–water partition coefficient (Wildman–Crippen LogP) is 9.20. The third kappa shape index (κ3) is 5.14. The average Bonchev–Trinajstić information content (AvgIpc) is 3.75. The number of nitrogens with zero attached hydrogens (tertiary/aromatic N) is 4. The lowest BCUT2D eigenvalue weighted by molar-refractivity contribution is 0.420. The fourth-order valence-corrected chi connectivity index (χ4v) is 6.53. The molecule has 0 fully saturated rings. The summed E-state index contributed by atoms with van der Waals surface area (Å²) in [6.07, 6.45) is 4.24. The molecule has 0 aliphatic heterocycles. The van der Waals surface area contributed by atoms with Crippen molar-refractivity contribution in [3.05, 3.63) is 118 Å². The Labute approximate surface area is 262 Å². The molecule has 0 bridgehead atoms. The predicted molar refractivity (Wildman–Crippen MR) is 176 cm³/mol. The van der Waals surface area contributed by atoms with Gasteiger partial charge in [0.25, 0.3) is 0 Å². The molecule has 9 heteroatoms. The molecule has 7 rings (SSSR count). The van der Waals surface area contributed by atoms with Gasteiger partial charge in [-0.2, -0.15) is 4.37 Å². The van der Waals surface area contributed by atoms with E-state index >= 15 is 0 Å². The van der Waals surface area contributed by atoms with E-state index in [2.05, 4.69) is 33.7 Å². The molecule has 3 heterocycles. The van der Waals surface area contributed by atoms with Gasteiger partial charge in [-0.3, -0.25) is 0 Å². The van der Waals surface area contributed by atoms with Gasteiger partial charge in [0.1, 0.15) is 16.5 Å². The highest BCUT2D eigenvalue weighted by Gasteiger charge is 2.22. The monoisotopic (exact) mass is 624 g/mol. The molecule has 4 aromatic carbocycles. The number of hydrogen-bond acceptors (Lipinski definition) is 5. The highest BCUT2D eigenvalue weighted by molar-refractivity contribution is 7.09. The summed E-state index contributed by atoms with van der Waals surface area (Å²) in [6.45, 7) is 1.36. The molecule has 0 amide bonds. The maximum Gasteiger partial charge on any atom is 0.175 e. The molecule has 0 atom stereocenters. The molecule has 0 spiro atoms. The normalized spacial score (nSPS) is 11.4. The van der Waals surface area contributed by atoms with Crippen molar-refractivity contribution in [3.63, 3.8) is 0 Å². The number of fused-ring (bicyclic) bond motifs is 2. The first-order chi connectivity index (χ1) is 21.0. The quantitative estimate of drug-likeness (QED) is 0.169. The van der Waals surface area contributed by atoms with Gasteiger partial charge >= 0.3 is 0 Å². The van der Waals surface area contributed by atoms with Gasteiger partial charge in [-0.25, -0.2) is 4.98 Å². The summed E-state index contributed by atoms with van der Waals surface area (Å²) in [5.41, 5.74) is 6.28. The lowest BCUT2D eigenvalue weighted by atomic mass is 10.1. The number of benzene rings is 4. The smallest absolute Gasteiger partial charge is 0.175 e. The molecule has 6 nitrogen and oxygen atoms in total. The largest absolute Gasteiger partial charge is 0.496 e. The third-order valence-electron chi connectivity index (χ3n) is 7.61. The number of ether oxygens (including phenoxy) is 2. The van der Waals surface area contributed by atoms with Crippen LogP contribution < -0.4 is 9.47 Å². The van der Waals surface area contributed by atoms with Crippen molar-refractivity contribution in [2.75, 3.05) is 14.2 Å². The topological polar surface area (TPSA) is 54.1 Å². The minimum Gasteiger partial charge on any atom is -0.496 e. The molecular formula is C34H26Cl2N4O2S. The second-order valence-electron chi connectivity index (χ2n) is 10.2. The first-order valence-corrected chi connectivity index (χ1v) is 15.2. The third-order valence-corrected chi connectivity index (χ3v) is 8.86. The molecule has 0 aliphatic carbocycles. The van der Waals surface area contributed by atoms with Crippen LogP contribution >= 0.6 is 34.7 Å². The molecule has 0 radical (unpaired) electrons. The molecule has 43 heavy (non-hydrogen) atoms. The second-order valence-corrected chi connectivity index (χ2v) is 11.9. The summed E-state index contributed by atoms with van der Waals surface area (Å²) >= 11 is 13.7. The van der Waals surface area contributed by atoms with Crippen molar-refractivity contribution in [1.29, 1.82) is 0 Å². The highest BCUT2D eigenvalue weighted by Crippen LogP contribution is 2.41. The minimum atomic E-state index is 0.651. The number of hydrogen-bond donors (Lipinski definition) is 0. The van der Waals surface area contributed by atoms with Crippen LogP contribution in [0.1, 0.15) is 11.1 Å². The van der Waals surface area contributed by atoms with E-state index < -0.39 is 0 Å².